The van der Waals surface area contributed by atoms with E-state index in [0.717, 1.165) is 0 Å². The van der Waals surface area contributed by atoms with Crippen LogP contribution in [0.5, 0.6) is 0 Å². The predicted molar refractivity (Wildman–Crippen MR) is 43.9 cm³/mol. The summed E-state index contributed by atoms with van der Waals surface area (Å²) in [5.41, 5.74) is 0. The van der Waals surface area contributed by atoms with Gasteiger partial charge in [-0.05, 0) is 12.8 Å². The third kappa shape index (κ3) is 2.38. The molecule has 13 heavy (non-hydrogen) atoms. The van der Waals surface area contributed by atoms with Crippen molar-refractivity contribution in [1.82, 2.24) is 0 Å². The lowest BCUT2D eigenvalue weighted by atomic mass is 9.95. The Labute approximate surface area is 76.6 Å². The lowest BCUT2D eigenvalue weighted by molar-refractivity contribution is -0.302. The van der Waals surface area contributed by atoms with Crippen molar-refractivity contribution < 1.29 is 25.2 Å². The van der Waals surface area contributed by atoms with E-state index >= 15 is 0 Å². The van der Waals surface area contributed by atoms with Crippen LogP contribution in [0.25, 0.3) is 0 Å². The van der Waals surface area contributed by atoms with Crippen molar-refractivity contribution >= 4 is 0 Å². The normalized spacial score (nSPS) is 40.6. The zero-order chi connectivity index (χ0) is 9.90. The molecule has 0 radical (unpaired) electrons. The highest BCUT2D eigenvalue weighted by Crippen LogP contribution is 2.27. The van der Waals surface area contributed by atoms with E-state index in [0.29, 0.717) is 12.8 Å². The van der Waals surface area contributed by atoms with Crippen LogP contribution in [-0.2, 0) is 4.74 Å². The van der Waals surface area contributed by atoms with Crippen LogP contribution in [0.15, 0.2) is 0 Å². The first-order valence-corrected chi connectivity index (χ1v) is 4.43. The average molecular weight is 192 g/mol. The van der Waals surface area contributed by atoms with Gasteiger partial charge in [-0.25, -0.2) is 0 Å². The molecule has 5 nitrogen and oxygen atoms in total. The van der Waals surface area contributed by atoms with Gasteiger partial charge in [0.05, 0.1) is 12.7 Å². The summed E-state index contributed by atoms with van der Waals surface area (Å²) >= 11 is 0. The van der Waals surface area contributed by atoms with Crippen LogP contribution in [0.3, 0.4) is 0 Å². The maximum atomic E-state index is 9.70. The summed E-state index contributed by atoms with van der Waals surface area (Å²) in [5.74, 6) is -1.69. The van der Waals surface area contributed by atoms with Crippen LogP contribution in [0.4, 0.5) is 0 Å². The van der Waals surface area contributed by atoms with Gasteiger partial charge in [-0.1, -0.05) is 0 Å². The summed E-state index contributed by atoms with van der Waals surface area (Å²) < 4.78 is 4.98. The van der Waals surface area contributed by atoms with E-state index in [4.69, 9.17) is 9.84 Å². The molecule has 2 unspecified atom stereocenters. The van der Waals surface area contributed by atoms with Crippen molar-refractivity contribution in [2.45, 2.75) is 37.3 Å². The van der Waals surface area contributed by atoms with Gasteiger partial charge in [0.15, 0.2) is 5.79 Å². The van der Waals surface area contributed by atoms with E-state index in [1.165, 1.54) is 0 Å². The molecular formula is C8H16O5. The standard InChI is InChI=1S/C8H16O5/c9-4-1-3-8(12)7(11)6(10)2-5-13-8/h6-7,9-12H,1-5H2/t6?,7?,8-/m0/s1. The van der Waals surface area contributed by atoms with Gasteiger partial charge >= 0.3 is 0 Å². The van der Waals surface area contributed by atoms with Gasteiger partial charge in [0, 0.05) is 13.0 Å². The second-order valence-corrected chi connectivity index (χ2v) is 3.32. The lowest BCUT2D eigenvalue weighted by Crippen LogP contribution is -2.55. The molecule has 0 saturated carbocycles. The molecule has 1 aliphatic heterocycles. The minimum absolute atomic E-state index is 0.0749. The number of hydrogen-bond donors (Lipinski definition) is 4. The Morgan fingerprint density at radius 3 is 2.69 bits per heavy atom. The fourth-order valence-electron chi connectivity index (χ4n) is 1.45. The molecule has 0 aromatic rings. The summed E-state index contributed by atoms with van der Waals surface area (Å²) in [5, 5.41) is 36.9. The van der Waals surface area contributed by atoms with Gasteiger partial charge in [0.25, 0.3) is 0 Å². The molecule has 0 amide bonds. The highest BCUT2D eigenvalue weighted by atomic mass is 16.6. The summed E-state index contributed by atoms with van der Waals surface area (Å²) in [7, 11) is 0. The molecule has 0 aromatic heterocycles. The average Bonchev–Trinajstić information content (AvgIpc) is 2.11. The predicted octanol–water partition coefficient (Wildman–Crippen LogP) is -1.41. The Hall–Kier alpha value is -0.200. The SMILES string of the molecule is OCCC[C@]1(O)OCCC(O)C1O. The molecule has 5 heteroatoms. The minimum atomic E-state index is -1.69. The maximum Gasteiger partial charge on any atom is 0.194 e. The number of rotatable bonds is 3. The van der Waals surface area contributed by atoms with Crippen molar-refractivity contribution in [1.29, 1.82) is 0 Å². The Morgan fingerprint density at radius 2 is 2.08 bits per heavy atom. The molecule has 0 bridgehead atoms. The molecule has 0 aromatic carbocycles. The highest BCUT2D eigenvalue weighted by Gasteiger charge is 2.43. The number of ether oxygens (including phenoxy) is 1. The van der Waals surface area contributed by atoms with Gasteiger partial charge in [-0.2, -0.15) is 0 Å². The van der Waals surface area contributed by atoms with Gasteiger partial charge in [0.1, 0.15) is 6.10 Å². The molecule has 4 N–H and O–H groups in total. The smallest absolute Gasteiger partial charge is 0.194 e. The topological polar surface area (TPSA) is 90.2 Å². The first-order valence-electron chi connectivity index (χ1n) is 4.43. The van der Waals surface area contributed by atoms with Crippen molar-refractivity contribution in [3.63, 3.8) is 0 Å². The van der Waals surface area contributed by atoms with Crippen molar-refractivity contribution in [2.24, 2.45) is 0 Å². The zero-order valence-electron chi connectivity index (χ0n) is 7.39. The Bertz CT molecular complexity index is 163. The summed E-state index contributed by atoms with van der Waals surface area (Å²) in [6.45, 7) is 0.147. The van der Waals surface area contributed by atoms with E-state index < -0.39 is 18.0 Å². The van der Waals surface area contributed by atoms with Gasteiger partial charge in [-0.15, -0.1) is 0 Å². The Kier molecular flexibility index (Phi) is 3.63. The zero-order valence-corrected chi connectivity index (χ0v) is 7.39. The van der Waals surface area contributed by atoms with Gasteiger partial charge < -0.3 is 25.2 Å². The second kappa shape index (κ2) is 4.34. The van der Waals surface area contributed by atoms with Gasteiger partial charge in [-0.3, -0.25) is 0 Å². The fraction of sp³-hybridized carbons (Fsp3) is 1.00. The van der Waals surface area contributed by atoms with Crippen LogP contribution in [-0.4, -0.2) is 51.6 Å². The molecule has 1 saturated heterocycles. The van der Waals surface area contributed by atoms with Crippen LogP contribution in [0.1, 0.15) is 19.3 Å². The molecule has 3 atom stereocenters. The number of aliphatic hydroxyl groups is 4. The Morgan fingerprint density at radius 1 is 1.38 bits per heavy atom. The summed E-state index contributed by atoms with van der Waals surface area (Å²) in [4.78, 5) is 0. The lowest BCUT2D eigenvalue weighted by Gasteiger charge is -2.39. The minimum Gasteiger partial charge on any atom is -0.396 e. The van der Waals surface area contributed by atoms with Crippen LogP contribution < -0.4 is 0 Å². The molecular weight excluding hydrogens is 176 g/mol. The van der Waals surface area contributed by atoms with Crippen LogP contribution >= 0.6 is 0 Å². The number of aliphatic hydroxyl groups excluding tert-OH is 3. The van der Waals surface area contributed by atoms with E-state index in [1.54, 1.807) is 0 Å². The van der Waals surface area contributed by atoms with Crippen molar-refractivity contribution in [3.05, 3.63) is 0 Å². The maximum absolute atomic E-state index is 9.70. The highest BCUT2D eigenvalue weighted by molar-refractivity contribution is 4.86. The van der Waals surface area contributed by atoms with Crippen LogP contribution in [0, 0.1) is 0 Å². The van der Waals surface area contributed by atoms with E-state index in [9.17, 15) is 15.3 Å². The third-order valence-corrected chi connectivity index (χ3v) is 2.29. The first kappa shape index (κ1) is 10.9. The van der Waals surface area contributed by atoms with Gasteiger partial charge in [0.2, 0.25) is 0 Å². The first-order chi connectivity index (χ1) is 6.10. The second-order valence-electron chi connectivity index (χ2n) is 3.32. The van der Waals surface area contributed by atoms with Crippen molar-refractivity contribution in [2.75, 3.05) is 13.2 Å². The fourth-order valence-corrected chi connectivity index (χ4v) is 1.45. The molecule has 78 valence electrons. The summed E-state index contributed by atoms with van der Waals surface area (Å²) in [6.07, 6.45) is -1.45. The van der Waals surface area contributed by atoms with E-state index in [2.05, 4.69) is 0 Å². The monoisotopic (exact) mass is 192 g/mol. The molecule has 0 aliphatic carbocycles. The van der Waals surface area contributed by atoms with Crippen LogP contribution in [0.2, 0.25) is 0 Å². The third-order valence-electron chi connectivity index (χ3n) is 2.29. The molecule has 1 fully saturated rings. The summed E-state index contributed by atoms with van der Waals surface area (Å²) in [6, 6.07) is 0. The number of hydrogen-bond acceptors (Lipinski definition) is 5. The molecule has 1 rings (SSSR count). The van der Waals surface area contributed by atoms with E-state index in [1.807, 2.05) is 0 Å². The quantitative estimate of drug-likeness (QED) is 0.441. The van der Waals surface area contributed by atoms with Crippen molar-refractivity contribution in [3.8, 4) is 0 Å². The largest absolute Gasteiger partial charge is 0.396 e. The molecule has 1 aliphatic rings. The molecule has 1 heterocycles. The molecule has 0 spiro atoms. The Balaban J connectivity index is 2.53. The van der Waals surface area contributed by atoms with E-state index in [-0.39, 0.29) is 19.6 Å².